The maximum Gasteiger partial charge on any atom is 0.326 e. The molecule has 2 aromatic rings. The van der Waals surface area contributed by atoms with Gasteiger partial charge in [-0.2, -0.15) is 0 Å². The number of carboxylic acid groups (broad SMARTS) is 1. The van der Waals surface area contributed by atoms with Crippen LogP contribution in [0.5, 0.6) is 0 Å². The third-order valence-corrected chi connectivity index (χ3v) is 4.47. The molecule has 6 heteroatoms. The van der Waals surface area contributed by atoms with E-state index in [1.54, 1.807) is 27.8 Å². The second-order valence-electron chi connectivity index (χ2n) is 7.47. The van der Waals surface area contributed by atoms with Gasteiger partial charge >= 0.3 is 5.97 Å². The summed E-state index contributed by atoms with van der Waals surface area (Å²) in [5, 5.41) is 16.2. The van der Waals surface area contributed by atoms with Crippen molar-refractivity contribution in [2.75, 3.05) is 7.05 Å². The normalized spacial score (nSPS) is 14.3. The minimum atomic E-state index is -1.03. The molecule has 0 aliphatic rings. The third kappa shape index (κ3) is 4.20. The predicted octanol–water partition coefficient (Wildman–Crippen LogP) is 1.92. The first-order valence-electron chi connectivity index (χ1n) is 8.38. The number of carbonyl (C=O) groups excluding carboxylic acids is 1. The quantitative estimate of drug-likeness (QED) is 0.747. The number of nitrogens with one attached hydrogen (secondary N) is 2. The maximum atomic E-state index is 12.6. The smallest absolute Gasteiger partial charge is 0.326 e. The standard InChI is InChI=1S/C19H27N3O3/c1-19(2,3)16(18(24)25)21-17(23)14(20-4)10-12-11-22(5)15-9-7-6-8-13(12)15/h6-9,11,14,16,20H,10H2,1-5H3,(H,21,23)(H,24,25)/t14-,16+/m0/s1. The minimum Gasteiger partial charge on any atom is -0.480 e. The van der Waals surface area contributed by atoms with Crippen molar-refractivity contribution in [3.63, 3.8) is 0 Å². The van der Waals surface area contributed by atoms with Crippen LogP contribution in [0.2, 0.25) is 0 Å². The van der Waals surface area contributed by atoms with Gasteiger partial charge in [-0.3, -0.25) is 4.79 Å². The van der Waals surface area contributed by atoms with Crippen LogP contribution in [0.4, 0.5) is 0 Å². The molecule has 0 radical (unpaired) electrons. The number of aromatic nitrogens is 1. The van der Waals surface area contributed by atoms with E-state index >= 15 is 0 Å². The largest absolute Gasteiger partial charge is 0.480 e. The molecule has 136 valence electrons. The summed E-state index contributed by atoms with van der Waals surface area (Å²) in [4.78, 5) is 24.1. The summed E-state index contributed by atoms with van der Waals surface area (Å²) >= 11 is 0. The average Bonchev–Trinajstić information content (AvgIpc) is 2.85. The Morgan fingerprint density at radius 3 is 2.44 bits per heavy atom. The Labute approximate surface area is 148 Å². The number of aliphatic carboxylic acids is 1. The number of benzene rings is 1. The highest BCUT2D eigenvalue weighted by Gasteiger charge is 2.34. The van der Waals surface area contributed by atoms with E-state index in [1.807, 2.05) is 42.1 Å². The van der Waals surface area contributed by atoms with Crippen LogP contribution in [0, 0.1) is 5.41 Å². The van der Waals surface area contributed by atoms with Crippen LogP contribution in [-0.2, 0) is 23.1 Å². The number of carbonyl (C=O) groups is 2. The summed E-state index contributed by atoms with van der Waals surface area (Å²) in [6.07, 6.45) is 2.50. The molecular weight excluding hydrogens is 318 g/mol. The summed E-state index contributed by atoms with van der Waals surface area (Å²) in [7, 11) is 3.68. The van der Waals surface area contributed by atoms with Gasteiger partial charge in [0.1, 0.15) is 6.04 Å². The summed E-state index contributed by atoms with van der Waals surface area (Å²) in [6.45, 7) is 5.39. The molecule has 0 saturated heterocycles. The minimum absolute atomic E-state index is 0.308. The molecule has 6 nitrogen and oxygen atoms in total. The molecule has 0 aliphatic carbocycles. The highest BCUT2D eigenvalue weighted by atomic mass is 16.4. The van der Waals surface area contributed by atoms with Crippen molar-refractivity contribution in [2.24, 2.45) is 12.5 Å². The first-order valence-corrected chi connectivity index (χ1v) is 8.38. The van der Waals surface area contributed by atoms with Gasteiger partial charge in [-0.15, -0.1) is 0 Å². The molecular formula is C19H27N3O3. The van der Waals surface area contributed by atoms with Gasteiger partial charge in [0.15, 0.2) is 0 Å². The summed E-state index contributed by atoms with van der Waals surface area (Å²) < 4.78 is 2.03. The number of carboxylic acids is 1. The number of hydrogen-bond acceptors (Lipinski definition) is 3. The predicted molar refractivity (Wildman–Crippen MR) is 98.5 cm³/mol. The van der Waals surface area contributed by atoms with Crippen molar-refractivity contribution in [2.45, 2.75) is 39.3 Å². The Morgan fingerprint density at radius 2 is 1.88 bits per heavy atom. The Hall–Kier alpha value is -2.34. The topological polar surface area (TPSA) is 83.4 Å². The number of hydrogen-bond donors (Lipinski definition) is 3. The second kappa shape index (κ2) is 7.27. The molecule has 1 aromatic heterocycles. The Kier molecular flexibility index (Phi) is 5.52. The van der Waals surface area contributed by atoms with E-state index in [4.69, 9.17) is 0 Å². The second-order valence-corrected chi connectivity index (χ2v) is 7.47. The van der Waals surface area contributed by atoms with Gasteiger partial charge in [0.2, 0.25) is 5.91 Å². The van der Waals surface area contributed by atoms with E-state index in [-0.39, 0.29) is 5.91 Å². The maximum absolute atomic E-state index is 12.6. The van der Waals surface area contributed by atoms with Gasteiger partial charge < -0.3 is 20.3 Å². The highest BCUT2D eigenvalue weighted by Crippen LogP contribution is 2.22. The Morgan fingerprint density at radius 1 is 1.24 bits per heavy atom. The lowest BCUT2D eigenvalue weighted by Crippen LogP contribution is -2.54. The van der Waals surface area contributed by atoms with Crippen LogP contribution < -0.4 is 10.6 Å². The van der Waals surface area contributed by atoms with E-state index in [0.29, 0.717) is 6.42 Å². The SMILES string of the molecule is CN[C@@H](Cc1cn(C)c2ccccc12)C(=O)N[C@H](C(=O)O)C(C)(C)C. The van der Waals surface area contributed by atoms with Gasteiger partial charge in [-0.25, -0.2) is 4.79 Å². The van der Waals surface area contributed by atoms with E-state index < -0.39 is 23.5 Å². The van der Waals surface area contributed by atoms with Crippen molar-refractivity contribution >= 4 is 22.8 Å². The fourth-order valence-corrected chi connectivity index (χ4v) is 3.03. The molecule has 3 N–H and O–H groups in total. The van der Waals surface area contributed by atoms with Crippen molar-refractivity contribution in [1.29, 1.82) is 0 Å². The molecule has 0 saturated carbocycles. The monoisotopic (exact) mass is 345 g/mol. The number of likely N-dealkylation sites (N-methyl/N-ethyl adjacent to an activating group) is 1. The lowest BCUT2D eigenvalue weighted by Gasteiger charge is -2.29. The number of amides is 1. The first kappa shape index (κ1) is 19.0. The molecule has 1 amide bonds. The number of fused-ring (bicyclic) bond motifs is 1. The van der Waals surface area contributed by atoms with Gasteiger partial charge in [0.25, 0.3) is 0 Å². The number of para-hydroxylation sites is 1. The highest BCUT2D eigenvalue weighted by molar-refractivity contribution is 5.89. The molecule has 2 atom stereocenters. The Balaban J connectivity index is 2.21. The van der Waals surface area contributed by atoms with Crippen LogP contribution >= 0.6 is 0 Å². The van der Waals surface area contributed by atoms with E-state index in [9.17, 15) is 14.7 Å². The van der Waals surface area contributed by atoms with Gasteiger partial charge in [0, 0.05) is 24.1 Å². The van der Waals surface area contributed by atoms with E-state index in [2.05, 4.69) is 10.6 Å². The van der Waals surface area contributed by atoms with Crippen LogP contribution in [0.3, 0.4) is 0 Å². The van der Waals surface area contributed by atoms with Gasteiger partial charge in [-0.1, -0.05) is 39.0 Å². The molecule has 1 aromatic carbocycles. The van der Waals surface area contributed by atoms with Crippen molar-refractivity contribution in [3.05, 3.63) is 36.0 Å². The van der Waals surface area contributed by atoms with Crippen LogP contribution in [0.1, 0.15) is 26.3 Å². The van der Waals surface area contributed by atoms with E-state index in [0.717, 1.165) is 16.5 Å². The molecule has 25 heavy (non-hydrogen) atoms. The summed E-state index contributed by atoms with van der Waals surface area (Å²) in [5.41, 5.74) is 1.58. The number of aryl methyl sites for hydroxylation is 1. The zero-order chi connectivity index (χ0) is 18.8. The molecule has 1 heterocycles. The molecule has 0 spiro atoms. The fourth-order valence-electron chi connectivity index (χ4n) is 3.03. The molecule has 0 aliphatic heterocycles. The average molecular weight is 345 g/mol. The third-order valence-electron chi connectivity index (χ3n) is 4.47. The van der Waals surface area contributed by atoms with Gasteiger partial charge in [-0.05, 0) is 30.5 Å². The lowest BCUT2D eigenvalue weighted by molar-refractivity contribution is -0.145. The number of rotatable bonds is 6. The summed E-state index contributed by atoms with van der Waals surface area (Å²) in [5.74, 6) is -1.33. The van der Waals surface area contributed by atoms with Crippen LogP contribution in [0.25, 0.3) is 10.9 Å². The van der Waals surface area contributed by atoms with Crippen molar-refractivity contribution in [3.8, 4) is 0 Å². The zero-order valence-corrected chi connectivity index (χ0v) is 15.5. The van der Waals surface area contributed by atoms with Crippen LogP contribution in [0.15, 0.2) is 30.5 Å². The van der Waals surface area contributed by atoms with Crippen LogP contribution in [-0.4, -0.2) is 40.7 Å². The number of nitrogens with zero attached hydrogens (tertiary/aromatic N) is 1. The fraction of sp³-hybridized carbons (Fsp3) is 0.474. The molecule has 0 bridgehead atoms. The lowest BCUT2D eigenvalue weighted by atomic mass is 9.86. The van der Waals surface area contributed by atoms with E-state index in [1.165, 1.54) is 0 Å². The zero-order valence-electron chi connectivity index (χ0n) is 15.5. The summed E-state index contributed by atoms with van der Waals surface area (Å²) in [6, 6.07) is 6.58. The van der Waals surface area contributed by atoms with Crippen molar-refractivity contribution < 1.29 is 14.7 Å². The first-order chi connectivity index (χ1) is 11.6. The molecule has 0 fully saturated rings. The molecule has 0 unspecified atom stereocenters. The Bertz CT molecular complexity index is 774. The van der Waals surface area contributed by atoms with Gasteiger partial charge in [0.05, 0.1) is 6.04 Å². The van der Waals surface area contributed by atoms with Crippen molar-refractivity contribution in [1.82, 2.24) is 15.2 Å². The molecule has 2 rings (SSSR count).